The van der Waals surface area contributed by atoms with Gasteiger partial charge in [0.1, 0.15) is 0 Å². The van der Waals surface area contributed by atoms with Gasteiger partial charge in [-0.1, -0.05) is 28.1 Å². The quantitative estimate of drug-likeness (QED) is 0.774. The fraction of sp³-hybridized carbons (Fsp3) is 0.214. The molecule has 21 heavy (non-hydrogen) atoms. The fourth-order valence-electron chi connectivity index (χ4n) is 1.60. The van der Waals surface area contributed by atoms with Crippen LogP contribution in [0.1, 0.15) is 10.4 Å². The lowest BCUT2D eigenvalue weighted by atomic mass is 10.1. The van der Waals surface area contributed by atoms with Crippen LogP contribution < -0.4 is 5.32 Å². The van der Waals surface area contributed by atoms with E-state index in [0.29, 0.717) is 10.9 Å². The number of nitriles is 1. The predicted octanol–water partition coefficient (Wildman–Crippen LogP) is 3.69. The van der Waals surface area contributed by atoms with Crippen molar-refractivity contribution in [2.45, 2.75) is 6.42 Å². The van der Waals surface area contributed by atoms with Gasteiger partial charge in [0.2, 0.25) is 5.91 Å². The molecule has 0 fully saturated rings. The Morgan fingerprint density at radius 2 is 2.19 bits per heavy atom. The summed E-state index contributed by atoms with van der Waals surface area (Å²) in [4.78, 5) is 16.9. The Labute approximate surface area is 139 Å². The molecule has 1 aromatic carbocycles. The van der Waals surface area contributed by atoms with Gasteiger partial charge in [-0.2, -0.15) is 5.26 Å². The molecule has 2 aromatic rings. The van der Waals surface area contributed by atoms with Crippen LogP contribution in [0.15, 0.2) is 34.9 Å². The zero-order valence-electron chi connectivity index (χ0n) is 11.0. The second kappa shape index (κ2) is 8.17. The van der Waals surface area contributed by atoms with Crippen molar-refractivity contribution in [2.24, 2.45) is 0 Å². The first kappa shape index (κ1) is 16.0. The maximum atomic E-state index is 11.6. The molecule has 108 valence electrons. The molecular weight excluding hydrogens is 370 g/mol. The number of hydrogen-bond acceptors (Lipinski definition) is 5. The highest BCUT2D eigenvalue weighted by Gasteiger charge is 2.07. The number of halogens is 1. The summed E-state index contributed by atoms with van der Waals surface area (Å²) in [6, 6.07) is 10.1. The Balaban J connectivity index is 1.88. The molecule has 0 aliphatic heterocycles. The Bertz CT molecular complexity index is 649. The van der Waals surface area contributed by atoms with Gasteiger partial charge in [-0.05, 0) is 17.7 Å². The van der Waals surface area contributed by atoms with Gasteiger partial charge in [0.25, 0.3) is 0 Å². The van der Waals surface area contributed by atoms with Crippen LogP contribution in [0.2, 0.25) is 0 Å². The minimum Gasteiger partial charge on any atom is -0.301 e. The maximum absolute atomic E-state index is 11.6. The van der Waals surface area contributed by atoms with E-state index >= 15 is 0 Å². The van der Waals surface area contributed by atoms with Gasteiger partial charge >= 0.3 is 0 Å². The predicted molar refractivity (Wildman–Crippen MR) is 90.6 cm³/mol. The first-order chi connectivity index (χ1) is 10.2. The molecule has 4 nitrogen and oxygen atoms in total. The van der Waals surface area contributed by atoms with Crippen LogP contribution >= 0.6 is 39.0 Å². The van der Waals surface area contributed by atoms with Crippen LogP contribution in [0.3, 0.4) is 0 Å². The number of amides is 1. The van der Waals surface area contributed by atoms with Crippen LogP contribution in [0.25, 0.3) is 0 Å². The van der Waals surface area contributed by atoms with Crippen LogP contribution in [0, 0.1) is 11.3 Å². The number of aromatic nitrogens is 1. The molecule has 0 saturated carbocycles. The van der Waals surface area contributed by atoms with Crippen molar-refractivity contribution in [1.29, 1.82) is 5.26 Å². The number of anilines is 1. The van der Waals surface area contributed by atoms with Gasteiger partial charge in [0.15, 0.2) is 5.13 Å². The van der Waals surface area contributed by atoms with Crippen LogP contribution in [0.5, 0.6) is 0 Å². The first-order valence-corrected chi connectivity index (χ1v) is 8.87. The molecule has 1 amide bonds. The Hall–Kier alpha value is -1.36. The highest BCUT2D eigenvalue weighted by molar-refractivity contribution is 9.10. The van der Waals surface area contributed by atoms with E-state index in [2.05, 4.69) is 38.4 Å². The average Bonchev–Trinajstić information content (AvgIpc) is 2.89. The largest absolute Gasteiger partial charge is 0.301 e. The van der Waals surface area contributed by atoms with Crippen molar-refractivity contribution in [3.63, 3.8) is 0 Å². The monoisotopic (exact) mass is 381 g/mol. The summed E-state index contributed by atoms with van der Waals surface area (Å²) < 4.78 is 1.05. The van der Waals surface area contributed by atoms with Gasteiger partial charge in [0.05, 0.1) is 17.6 Å². The summed E-state index contributed by atoms with van der Waals surface area (Å²) in [7, 11) is 0. The minimum atomic E-state index is -0.125. The van der Waals surface area contributed by atoms with E-state index in [1.54, 1.807) is 6.20 Å². The summed E-state index contributed by atoms with van der Waals surface area (Å²) >= 11 is 6.17. The molecule has 0 atom stereocenters. The highest BCUT2D eigenvalue weighted by Crippen LogP contribution is 2.22. The van der Waals surface area contributed by atoms with E-state index in [1.807, 2.05) is 18.2 Å². The highest BCUT2D eigenvalue weighted by atomic mass is 79.9. The first-order valence-electron chi connectivity index (χ1n) is 6.11. The molecule has 0 aliphatic rings. The molecule has 1 heterocycles. The number of thioether (sulfide) groups is 1. The topological polar surface area (TPSA) is 65.8 Å². The molecule has 0 spiro atoms. The molecule has 0 aliphatic carbocycles. The standard InChI is InChI=1S/C14H12BrN3OS2/c15-11-3-1-10(2-4-11)7-12-8-17-14(21-12)18-13(19)9-20-6-5-16/h1-4,8H,6-7,9H2,(H,17,18,19). The van der Waals surface area contributed by atoms with Crippen LogP contribution in [-0.4, -0.2) is 22.4 Å². The minimum absolute atomic E-state index is 0.125. The van der Waals surface area contributed by atoms with Gasteiger partial charge in [-0.25, -0.2) is 4.98 Å². The van der Waals surface area contributed by atoms with E-state index in [-0.39, 0.29) is 11.7 Å². The number of benzene rings is 1. The molecule has 7 heteroatoms. The smallest absolute Gasteiger partial charge is 0.236 e. The van der Waals surface area contributed by atoms with Crippen molar-refractivity contribution in [2.75, 3.05) is 16.8 Å². The summed E-state index contributed by atoms with van der Waals surface area (Å²) in [5.41, 5.74) is 1.20. The summed E-state index contributed by atoms with van der Waals surface area (Å²) in [5.74, 6) is 0.467. The van der Waals surface area contributed by atoms with Gasteiger partial charge in [0, 0.05) is 22.0 Å². The van der Waals surface area contributed by atoms with E-state index in [1.165, 1.54) is 28.7 Å². The normalized spacial score (nSPS) is 10.1. The van der Waals surface area contributed by atoms with E-state index in [9.17, 15) is 4.79 Å². The van der Waals surface area contributed by atoms with Crippen molar-refractivity contribution < 1.29 is 4.79 Å². The number of hydrogen-bond donors (Lipinski definition) is 1. The number of thiazole rings is 1. The lowest BCUT2D eigenvalue weighted by Gasteiger charge is -1.99. The molecule has 1 aromatic heterocycles. The Kier molecular flexibility index (Phi) is 6.23. The SMILES string of the molecule is N#CCSCC(=O)Nc1ncc(Cc2ccc(Br)cc2)s1. The van der Waals surface area contributed by atoms with Gasteiger partial charge < -0.3 is 5.32 Å². The number of rotatable bonds is 6. The lowest BCUT2D eigenvalue weighted by Crippen LogP contribution is -2.13. The van der Waals surface area contributed by atoms with E-state index in [4.69, 9.17) is 5.26 Å². The van der Waals surface area contributed by atoms with E-state index < -0.39 is 0 Å². The summed E-state index contributed by atoms with van der Waals surface area (Å²) in [6.07, 6.45) is 2.58. The third-order valence-corrected chi connectivity index (χ3v) is 4.73. The number of carbonyl (C=O) groups excluding carboxylic acids is 1. The molecule has 2 rings (SSSR count). The summed E-state index contributed by atoms with van der Waals surface area (Å²) in [6.45, 7) is 0. The zero-order chi connectivity index (χ0) is 15.1. The van der Waals surface area contributed by atoms with Crippen LogP contribution in [-0.2, 0) is 11.2 Å². The Morgan fingerprint density at radius 3 is 2.90 bits per heavy atom. The third-order valence-electron chi connectivity index (χ3n) is 2.49. The third kappa shape index (κ3) is 5.50. The number of nitrogens with one attached hydrogen (secondary N) is 1. The average molecular weight is 382 g/mol. The molecule has 0 saturated heterocycles. The number of carbonyl (C=O) groups is 1. The second-order valence-corrected chi connectivity index (χ2v) is 7.15. The van der Waals surface area contributed by atoms with Crippen molar-refractivity contribution >= 4 is 50.1 Å². The van der Waals surface area contributed by atoms with Gasteiger partial charge in [-0.15, -0.1) is 23.1 Å². The molecular formula is C14H12BrN3OS2. The molecule has 0 bridgehead atoms. The maximum Gasteiger partial charge on any atom is 0.236 e. The molecule has 1 N–H and O–H groups in total. The fourth-order valence-corrected chi connectivity index (χ4v) is 3.17. The Morgan fingerprint density at radius 1 is 1.43 bits per heavy atom. The van der Waals surface area contributed by atoms with Gasteiger partial charge in [-0.3, -0.25) is 4.79 Å². The van der Waals surface area contributed by atoms with Crippen molar-refractivity contribution in [3.8, 4) is 6.07 Å². The van der Waals surface area contributed by atoms with Crippen LogP contribution in [0.4, 0.5) is 5.13 Å². The van der Waals surface area contributed by atoms with Crippen molar-refractivity contribution in [1.82, 2.24) is 4.98 Å². The summed E-state index contributed by atoms with van der Waals surface area (Å²) in [5, 5.41) is 11.8. The second-order valence-electron chi connectivity index (χ2n) is 4.13. The van der Waals surface area contributed by atoms with E-state index in [0.717, 1.165) is 15.8 Å². The zero-order valence-corrected chi connectivity index (χ0v) is 14.2. The molecule has 0 radical (unpaired) electrons. The number of nitrogens with zero attached hydrogens (tertiary/aromatic N) is 2. The molecule has 0 unspecified atom stereocenters. The van der Waals surface area contributed by atoms with Crippen molar-refractivity contribution in [3.05, 3.63) is 45.4 Å². The lowest BCUT2D eigenvalue weighted by molar-refractivity contribution is -0.113.